The Labute approximate surface area is 129 Å². The minimum atomic E-state index is -4.76. The molecule has 2 aromatic carbocycles. The van der Waals surface area contributed by atoms with Crippen LogP contribution in [0.5, 0.6) is 5.75 Å². The van der Waals surface area contributed by atoms with Crippen molar-refractivity contribution in [1.29, 1.82) is 0 Å². The maximum absolute atomic E-state index is 12.0. The molecular formula is C15H11ClF3NO2. The fraction of sp³-hybridized carbons (Fsp3) is 0.133. The van der Waals surface area contributed by atoms with Gasteiger partial charge >= 0.3 is 6.36 Å². The summed E-state index contributed by atoms with van der Waals surface area (Å²) in [5.41, 5.74) is 1.55. The Hall–Kier alpha value is -2.21. The van der Waals surface area contributed by atoms with E-state index in [1.807, 2.05) is 6.92 Å². The van der Waals surface area contributed by atoms with Gasteiger partial charge in [0.1, 0.15) is 5.75 Å². The summed E-state index contributed by atoms with van der Waals surface area (Å²) in [6.07, 6.45) is -4.76. The van der Waals surface area contributed by atoms with Crippen molar-refractivity contribution >= 4 is 23.2 Å². The summed E-state index contributed by atoms with van der Waals surface area (Å²) in [6, 6.07) is 9.73. The van der Waals surface area contributed by atoms with Crippen molar-refractivity contribution in [2.75, 3.05) is 5.32 Å². The van der Waals surface area contributed by atoms with Crippen LogP contribution >= 0.6 is 11.6 Å². The highest BCUT2D eigenvalue weighted by molar-refractivity contribution is 6.34. The van der Waals surface area contributed by atoms with Crippen molar-refractivity contribution < 1.29 is 22.7 Å². The van der Waals surface area contributed by atoms with Gasteiger partial charge in [0.2, 0.25) is 0 Å². The lowest BCUT2D eigenvalue weighted by molar-refractivity contribution is -0.274. The second-order valence-corrected chi connectivity index (χ2v) is 4.92. The summed E-state index contributed by atoms with van der Waals surface area (Å²) in [4.78, 5) is 12.0. The molecule has 0 bridgehead atoms. The molecule has 0 unspecified atom stereocenters. The van der Waals surface area contributed by atoms with E-state index >= 15 is 0 Å². The maximum atomic E-state index is 12.0. The lowest BCUT2D eigenvalue weighted by Crippen LogP contribution is -2.17. The highest BCUT2D eigenvalue weighted by atomic mass is 35.5. The Bertz CT molecular complexity index is 684. The Morgan fingerprint density at radius 1 is 1.14 bits per heavy atom. The number of amides is 1. The first kappa shape index (κ1) is 16.2. The van der Waals surface area contributed by atoms with E-state index in [0.29, 0.717) is 10.7 Å². The molecule has 0 heterocycles. The number of nitrogens with one attached hydrogen (secondary N) is 1. The molecule has 0 radical (unpaired) electrons. The third-order valence-electron chi connectivity index (χ3n) is 2.72. The van der Waals surface area contributed by atoms with E-state index in [2.05, 4.69) is 10.1 Å². The van der Waals surface area contributed by atoms with E-state index in [4.69, 9.17) is 11.6 Å². The number of hydrogen-bond acceptors (Lipinski definition) is 2. The lowest BCUT2D eigenvalue weighted by atomic mass is 10.2. The van der Waals surface area contributed by atoms with Gasteiger partial charge in [0.05, 0.1) is 10.7 Å². The molecule has 0 fully saturated rings. The van der Waals surface area contributed by atoms with E-state index in [-0.39, 0.29) is 5.56 Å². The van der Waals surface area contributed by atoms with Gasteiger partial charge < -0.3 is 10.1 Å². The van der Waals surface area contributed by atoms with E-state index in [0.717, 1.165) is 17.7 Å². The topological polar surface area (TPSA) is 38.3 Å². The Balaban J connectivity index is 2.10. The first-order chi connectivity index (χ1) is 10.2. The van der Waals surface area contributed by atoms with Crippen LogP contribution in [-0.4, -0.2) is 12.3 Å². The number of carbonyl (C=O) groups is 1. The fourth-order valence-corrected chi connectivity index (χ4v) is 2.01. The molecule has 7 heteroatoms. The number of anilines is 1. The van der Waals surface area contributed by atoms with E-state index in [1.54, 1.807) is 18.2 Å². The fourth-order valence-electron chi connectivity index (χ4n) is 1.72. The minimum Gasteiger partial charge on any atom is -0.406 e. The van der Waals surface area contributed by atoms with E-state index < -0.39 is 18.0 Å². The molecule has 0 saturated carbocycles. The smallest absolute Gasteiger partial charge is 0.406 e. The molecule has 2 rings (SSSR count). The summed E-state index contributed by atoms with van der Waals surface area (Å²) >= 11 is 6.00. The highest BCUT2D eigenvalue weighted by Gasteiger charge is 2.31. The Morgan fingerprint density at radius 3 is 2.32 bits per heavy atom. The van der Waals surface area contributed by atoms with Crippen molar-refractivity contribution in [1.82, 2.24) is 0 Å². The SMILES string of the molecule is Cc1ccc(NC(=O)c2ccc(OC(F)(F)F)cc2)c(Cl)c1. The number of benzene rings is 2. The van der Waals surface area contributed by atoms with Crippen LogP contribution in [0.3, 0.4) is 0 Å². The lowest BCUT2D eigenvalue weighted by Gasteiger charge is -2.10. The standard InChI is InChI=1S/C15H11ClF3NO2/c1-9-2-7-13(12(16)8-9)20-14(21)10-3-5-11(6-4-10)22-15(17,18)19/h2-8H,1H3,(H,20,21). The zero-order chi connectivity index (χ0) is 16.3. The molecule has 2 aromatic rings. The Morgan fingerprint density at radius 2 is 1.77 bits per heavy atom. The van der Waals surface area contributed by atoms with Crippen molar-refractivity contribution in [3.05, 3.63) is 58.6 Å². The molecule has 0 spiro atoms. The Kier molecular flexibility index (Phi) is 4.61. The normalized spacial score (nSPS) is 11.1. The number of ether oxygens (including phenoxy) is 1. The van der Waals surface area contributed by atoms with E-state index in [1.165, 1.54) is 12.1 Å². The highest BCUT2D eigenvalue weighted by Crippen LogP contribution is 2.25. The summed E-state index contributed by atoms with van der Waals surface area (Å²) < 4.78 is 39.9. The van der Waals surface area contributed by atoms with Crippen LogP contribution in [0, 0.1) is 6.92 Å². The number of carbonyl (C=O) groups excluding carboxylic acids is 1. The van der Waals surface area contributed by atoms with Crippen LogP contribution < -0.4 is 10.1 Å². The molecule has 3 nitrogen and oxygen atoms in total. The predicted molar refractivity (Wildman–Crippen MR) is 77.3 cm³/mol. The average Bonchev–Trinajstić information content (AvgIpc) is 2.41. The molecule has 1 N–H and O–H groups in total. The second kappa shape index (κ2) is 6.27. The maximum Gasteiger partial charge on any atom is 0.573 e. The monoisotopic (exact) mass is 329 g/mol. The molecule has 0 aromatic heterocycles. The van der Waals surface area contributed by atoms with Gasteiger partial charge in [-0.25, -0.2) is 0 Å². The van der Waals surface area contributed by atoms with Gasteiger partial charge in [-0.1, -0.05) is 17.7 Å². The number of aryl methyl sites for hydroxylation is 1. The van der Waals surface area contributed by atoms with Gasteiger partial charge in [-0.05, 0) is 48.9 Å². The zero-order valence-corrected chi connectivity index (χ0v) is 12.1. The summed E-state index contributed by atoms with van der Waals surface area (Å²) in [6.45, 7) is 1.86. The average molecular weight is 330 g/mol. The second-order valence-electron chi connectivity index (χ2n) is 4.51. The quantitative estimate of drug-likeness (QED) is 0.878. The van der Waals surface area contributed by atoms with Crippen molar-refractivity contribution in [3.63, 3.8) is 0 Å². The van der Waals surface area contributed by atoms with Crippen LogP contribution in [0.4, 0.5) is 18.9 Å². The van der Waals surface area contributed by atoms with Gasteiger partial charge in [0, 0.05) is 5.56 Å². The first-order valence-corrected chi connectivity index (χ1v) is 6.56. The van der Waals surface area contributed by atoms with E-state index in [9.17, 15) is 18.0 Å². The largest absolute Gasteiger partial charge is 0.573 e. The van der Waals surface area contributed by atoms with Gasteiger partial charge in [-0.3, -0.25) is 4.79 Å². The first-order valence-electron chi connectivity index (χ1n) is 6.18. The molecule has 0 saturated heterocycles. The molecule has 0 atom stereocenters. The number of rotatable bonds is 3. The van der Waals surface area contributed by atoms with Crippen molar-refractivity contribution in [3.8, 4) is 5.75 Å². The van der Waals surface area contributed by atoms with Gasteiger partial charge in [0.15, 0.2) is 0 Å². The molecule has 22 heavy (non-hydrogen) atoms. The van der Waals surface area contributed by atoms with Crippen LogP contribution in [0.2, 0.25) is 5.02 Å². The summed E-state index contributed by atoms with van der Waals surface area (Å²) in [5, 5.41) is 2.97. The van der Waals surface area contributed by atoms with Crippen LogP contribution in [0.25, 0.3) is 0 Å². The molecule has 0 aliphatic carbocycles. The van der Waals surface area contributed by atoms with Gasteiger partial charge in [0.25, 0.3) is 5.91 Å². The molecule has 0 aliphatic heterocycles. The predicted octanol–water partition coefficient (Wildman–Crippen LogP) is 4.80. The van der Waals surface area contributed by atoms with Gasteiger partial charge in [-0.15, -0.1) is 13.2 Å². The third-order valence-corrected chi connectivity index (χ3v) is 3.04. The summed E-state index contributed by atoms with van der Waals surface area (Å²) in [5.74, 6) is -0.873. The molecule has 1 amide bonds. The molecule has 0 aliphatic rings. The molecular weight excluding hydrogens is 319 g/mol. The number of hydrogen-bond donors (Lipinski definition) is 1. The molecule has 116 valence electrons. The minimum absolute atomic E-state index is 0.186. The zero-order valence-electron chi connectivity index (χ0n) is 11.4. The number of alkyl halides is 3. The van der Waals surface area contributed by atoms with Crippen LogP contribution in [-0.2, 0) is 0 Å². The van der Waals surface area contributed by atoms with Gasteiger partial charge in [-0.2, -0.15) is 0 Å². The van der Waals surface area contributed by atoms with Crippen LogP contribution in [0.15, 0.2) is 42.5 Å². The third kappa shape index (κ3) is 4.39. The van der Waals surface area contributed by atoms with Crippen LogP contribution in [0.1, 0.15) is 15.9 Å². The van der Waals surface area contributed by atoms with Crippen molar-refractivity contribution in [2.24, 2.45) is 0 Å². The van der Waals surface area contributed by atoms with Crippen molar-refractivity contribution in [2.45, 2.75) is 13.3 Å². The number of halogens is 4. The summed E-state index contributed by atoms with van der Waals surface area (Å²) in [7, 11) is 0.